The quantitative estimate of drug-likeness (QED) is 0.0928. The van der Waals surface area contributed by atoms with E-state index in [0.29, 0.717) is 35.8 Å². The number of halogens is 1. The number of aryl methyl sites for hydroxylation is 1. The van der Waals surface area contributed by atoms with Gasteiger partial charge in [0, 0.05) is 68.4 Å². The highest BCUT2D eigenvalue weighted by Gasteiger charge is 2.32. The predicted molar refractivity (Wildman–Crippen MR) is 212 cm³/mol. The molecule has 0 saturated carbocycles. The van der Waals surface area contributed by atoms with Crippen molar-refractivity contribution in [2.45, 2.75) is 51.4 Å². The maximum atomic E-state index is 13.6. The summed E-state index contributed by atoms with van der Waals surface area (Å²) in [4.78, 5) is 62.9. The number of carbonyl (C=O) groups is 3. The van der Waals surface area contributed by atoms with E-state index in [1.165, 1.54) is 10.8 Å². The Balaban J connectivity index is 0.910. The van der Waals surface area contributed by atoms with Gasteiger partial charge in [-0.3, -0.25) is 28.9 Å². The molecular weight excluding hydrogens is 730 g/mol. The predicted octanol–water partition coefficient (Wildman–Crippen LogP) is 4.13. The number of benzene rings is 2. The van der Waals surface area contributed by atoms with Crippen LogP contribution in [0.4, 0.5) is 20.6 Å². The fourth-order valence-corrected chi connectivity index (χ4v) is 7.71. The van der Waals surface area contributed by atoms with Gasteiger partial charge in [-0.25, -0.2) is 19.6 Å². The molecule has 14 nitrogen and oxygen atoms in total. The third-order valence-corrected chi connectivity index (χ3v) is 10.5. The second-order valence-corrected chi connectivity index (χ2v) is 14.7. The smallest absolute Gasteiger partial charge is 0.329 e. The number of amides is 4. The molecule has 2 saturated heterocycles. The first kappa shape index (κ1) is 39.0. The molecule has 0 radical (unpaired) electrons. The van der Waals surface area contributed by atoms with Crippen molar-refractivity contribution >= 4 is 40.3 Å². The molecule has 294 valence electrons. The number of anilines is 2. The van der Waals surface area contributed by atoms with Crippen molar-refractivity contribution in [3.8, 4) is 11.8 Å². The number of para-hydroxylation sites is 1. The van der Waals surface area contributed by atoms with E-state index in [9.17, 15) is 28.7 Å². The zero-order valence-electron chi connectivity index (χ0n) is 31.8. The number of imide groups is 1. The molecule has 57 heavy (non-hydrogen) atoms. The summed E-state index contributed by atoms with van der Waals surface area (Å²) < 4.78 is 16.7. The van der Waals surface area contributed by atoms with Crippen LogP contribution in [0.25, 0.3) is 11.0 Å². The van der Waals surface area contributed by atoms with E-state index in [1.54, 1.807) is 23.7 Å². The number of aliphatic hydroxyl groups is 1. The Morgan fingerprint density at radius 2 is 1.81 bits per heavy atom. The van der Waals surface area contributed by atoms with Gasteiger partial charge in [-0.1, -0.05) is 30.2 Å². The monoisotopic (exact) mass is 773 g/mol. The molecule has 7 rings (SSSR count). The number of hydrogen-bond donors (Lipinski definition) is 4. The van der Waals surface area contributed by atoms with Crippen molar-refractivity contribution in [2.24, 2.45) is 13.0 Å². The number of urea groups is 1. The lowest BCUT2D eigenvalue weighted by Gasteiger charge is -2.34. The standard InChI is InChI=1S/C42H44FN9O5/c1-49(23-28-14-17-51(18-15-28)25-30-7-4-8-35-39(30)50(2)42(57)52(35)36-11-12-38(54)48-40(36)55)24-29-6-3-5-27(19-29)9-10-32-20-33(13-16-44-32)46-41(56)47-34-21-37(43)45-22-31(34)26-53/h3-8,13,16,19-22,28,36,53H,11-12,14-15,17-18,23-26H2,1-2H3,(H,48,54,55)(H2,44,45,46,47,56). The average Bonchev–Trinajstić information content (AvgIpc) is 3.44. The summed E-state index contributed by atoms with van der Waals surface area (Å²) >= 11 is 0. The summed E-state index contributed by atoms with van der Waals surface area (Å²) in [5.41, 5.74) is 5.59. The van der Waals surface area contributed by atoms with Gasteiger partial charge in [-0.05, 0) is 92.7 Å². The van der Waals surface area contributed by atoms with E-state index in [4.69, 9.17) is 0 Å². The van der Waals surface area contributed by atoms with Gasteiger partial charge in [0.05, 0.1) is 23.3 Å². The number of likely N-dealkylation sites (tertiary alicyclic amines) is 1. The van der Waals surface area contributed by atoms with Crippen LogP contribution in [0.15, 0.2) is 77.9 Å². The second-order valence-electron chi connectivity index (χ2n) is 14.7. The SMILES string of the molecule is CN(Cc1cccc(C#Cc2cc(NC(=O)Nc3cc(F)ncc3CO)ccn2)c1)CC1CCN(Cc2cccc3c2n(C)c(=O)n3C2CCC(=O)NC2=O)CC1. The van der Waals surface area contributed by atoms with E-state index < -0.39 is 30.5 Å². The lowest BCUT2D eigenvalue weighted by molar-refractivity contribution is -0.135. The zero-order valence-corrected chi connectivity index (χ0v) is 31.8. The summed E-state index contributed by atoms with van der Waals surface area (Å²) in [5.74, 6) is 5.26. The van der Waals surface area contributed by atoms with Crippen LogP contribution in [0.5, 0.6) is 0 Å². The minimum Gasteiger partial charge on any atom is -0.392 e. The average molecular weight is 774 g/mol. The number of nitrogens with zero attached hydrogens (tertiary/aromatic N) is 6. The number of pyridine rings is 2. The number of piperidine rings is 2. The molecule has 0 spiro atoms. The van der Waals surface area contributed by atoms with Gasteiger partial charge in [-0.15, -0.1) is 0 Å². The third kappa shape index (κ3) is 9.26. The van der Waals surface area contributed by atoms with Crippen molar-refractivity contribution in [1.82, 2.24) is 34.2 Å². The van der Waals surface area contributed by atoms with Crippen molar-refractivity contribution in [1.29, 1.82) is 0 Å². The molecule has 0 bridgehead atoms. The Bertz CT molecular complexity index is 2440. The van der Waals surface area contributed by atoms with Gasteiger partial charge in [0.15, 0.2) is 0 Å². The number of hydrogen-bond acceptors (Lipinski definition) is 9. The molecule has 2 fully saturated rings. The molecule has 1 atom stereocenters. The van der Waals surface area contributed by atoms with Crippen LogP contribution in [0.1, 0.15) is 59.7 Å². The van der Waals surface area contributed by atoms with Crippen molar-refractivity contribution in [2.75, 3.05) is 37.3 Å². The molecule has 4 N–H and O–H groups in total. The van der Waals surface area contributed by atoms with Crippen LogP contribution in [0.2, 0.25) is 0 Å². The van der Waals surface area contributed by atoms with Crippen LogP contribution >= 0.6 is 0 Å². The maximum absolute atomic E-state index is 13.6. The van der Waals surface area contributed by atoms with Gasteiger partial charge in [-0.2, -0.15) is 4.39 Å². The van der Waals surface area contributed by atoms with Crippen LogP contribution in [0.3, 0.4) is 0 Å². The van der Waals surface area contributed by atoms with E-state index >= 15 is 0 Å². The fraction of sp³-hybridized carbons (Fsp3) is 0.333. The number of carbonyl (C=O) groups excluding carboxylic acids is 3. The number of nitrogens with one attached hydrogen (secondary N) is 3. The van der Waals surface area contributed by atoms with Gasteiger partial charge < -0.3 is 20.6 Å². The van der Waals surface area contributed by atoms with Gasteiger partial charge >= 0.3 is 11.7 Å². The number of aromatic nitrogens is 4. The van der Waals surface area contributed by atoms with Crippen LogP contribution in [0, 0.1) is 23.7 Å². The molecule has 4 amide bonds. The molecule has 3 aromatic heterocycles. The van der Waals surface area contributed by atoms with E-state index in [0.717, 1.165) is 73.5 Å². The Morgan fingerprint density at radius 3 is 2.60 bits per heavy atom. The Morgan fingerprint density at radius 1 is 1.00 bits per heavy atom. The third-order valence-electron chi connectivity index (χ3n) is 10.5. The highest BCUT2D eigenvalue weighted by atomic mass is 19.1. The van der Waals surface area contributed by atoms with Gasteiger partial charge in [0.2, 0.25) is 17.8 Å². The van der Waals surface area contributed by atoms with Crippen LogP contribution in [-0.4, -0.2) is 78.5 Å². The number of rotatable bonds is 10. The first-order chi connectivity index (χ1) is 27.5. The molecule has 0 aliphatic carbocycles. The van der Waals surface area contributed by atoms with E-state index in [1.807, 2.05) is 30.3 Å². The summed E-state index contributed by atoms with van der Waals surface area (Å²) in [7, 11) is 3.87. The van der Waals surface area contributed by atoms with Crippen LogP contribution < -0.4 is 21.6 Å². The summed E-state index contributed by atoms with van der Waals surface area (Å²) in [5, 5.41) is 17.0. The topological polar surface area (TPSA) is 167 Å². The van der Waals surface area contributed by atoms with E-state index in [2.05, 4.69) is 66.7 Å². The van der Waals surface area contributed by atoms with E-state index in [-0.39, 0.29) is 29.3 Å². The molecule has 5 aromatic rings. The number of aliphatic hydroxyl groups excluding tert-OH is 1. The zero-order chi connectivity index (χ0) is 40.1. The van der Waals surface area contributed by atoms with Gasteiger partial charge in [0.25, 0.3) is 0 Å². The minimum absolute atomic E-state index is 0.117. The lowest BCUT2D eigenvalue weighted by atomic mass is 9.95. The highest BCUT2D eigenvalue weighted by Crippen LogP contribution is 2.27. The second kappa shape index (κ2) is 17.3. The summed E-state index contributed by atoms with van der Waals surface area (Å²) in [6.07, 6.45) is 5.31. The Hall–Kier alpha value is -6.21. The largest absolute Gasteiger partial charge is 0.392 e. The molecule has 15 heteroatoms. The highest BCUT2D eigenvalue weighted by molar-refractivity contribution is 6.01. The van der Waals surface area contributed by atoms with Crippen LogP contribution in [-0.2, 0) is 36.3 Å². The molecule has 2 aliphatic rings. The molecular formula is C42H44FN9O5. The molecule has 5 heterocycles. The molecule has 2 aliphatic heterocycles. The molecule has 2 aromatic carbocycles. The van der Waals surface area contributed by atoms with Crippen molar-refractivity contribution in [3.63, 3.8) is 0 Å². The first-order valence-corrected chi connectivity index (χ1v) is 18.9. The van der Waals surface area contributed by atoms with Crippen molar-refractivity contribution in [3.05, 3.63) is 117 Å². The molecule has 1 unspecified atom stereocenters. The Labute approximate surface area is 328 Å². The normalized spacial score (nSPS) is 16.3. The lowest BCUT2D eigenvalue weighted by Crippen LogP contribution is -2.44. The first-order valence-electron chi connectivity index (χ1n) is 18.9. The van der Waals surface area contributed by atoms with Gasteiger partial charge in [0.1, 0.15) is 11.7 Å². The number of imidazole rings is 1. The maximum Gasteiger partial charge on any atom is 0.329 e. The summed E-state index contributed by atoms with van der Waals surface area (Å²) in [6, 6.07) is 16.9. The van der Waals surface area contributed by atoms with Crippen molar-refractivity contribution < 1.29 is 23.9 Å². The fourth-order valence-electron chi connectivity index (χ4n) is 7.71. The number of fused-ring (bicyclic) bond motifs is 1. The summed E-state index contributed by atoms with van der Waals surface area (Å²) in [6.45, 7) is 3.89. The minimum atomic E-state index is -0.779. The Kier molecular flexibility index (Phi) is 11.8.